The third kappa shape index (κ3) is 4.37. The number of carboxylic acids is 1. The molecule has 0 atom stereocenters. The predicted octanol–water partition coefficient (Wildman–Crippen LogP) is 2.30. The minimum atomic E-state index is -1.05. The average molecular weight is 247 g/mol. The van der Waals surface area contributed by atoms with E-state index in [1.165, 1.54) is 12.1 Å². The summed E-state index contributed by atoms with van der Waals surface area (Å²) in [7, 11) is 0. The number of aliphatic carboxylic acids is 1. The minimum Gasteiger partial charge on any atom is -1.00 e. The number of halogens is 2. The second-order valence-corrected chi connectivity index (χ2v) is 3.10. The zero-order valence-electron chi connectivity index (χ0n) is 9.17. The van der Waals surface area contributed by atoms with Crippen LogP contribution in [0.3, 0.4) is 0 Å². The van der Waals surface area contributed by atoms with Crippen LogP contribution in [0.2, 0.25) is 10.0 Å². The molecule has 0 spiro atoms. The molecule has 0 unspecified atom stereocenters. The molecule has 14 heavy (non-hydrogen) atoms. The first-order valence-electron chi connectivity index (χ1n) is 3.39. The fraction of sp³-hybridized carbons (Fsp3) is 0.125. The van der Waals surface area contributed by atoms with E-state index in [-0.39, 0.29) is 25.9 Å². The molecule has 0 aromatic heterocycles. The Kier molecular flexibility index (Phi) is 6.27. The molecule has 0 saturated carbocycles. The summed E-state index contributed by atoms with van der Waals surface area (Å²) >= 11 is 11.3. The molecule has 0 aliphatic heterocycles. The van der Waals surface area contributed by atoms with Gasteiger partial charge in [0.1, 0.15) is 5.75 Å². The Morgan fingerprint density at radius 2 is 2.14 bits per heavy atom. The maximum atomic E-state index is 10.2. The summed E-state index contributed by atoms with van der Waals surface area (Å²) in [4.78, 5) is 10.2. The van der Waals surface area contributed by atoms with Gasteiger partial charge < -0.3 is 12.7 Å². The Morgan fingerprint density at radius 1 is 1.50 bits per heavy atom. The third-order valence-electron chi connectivity index (χ3n) is 1.25. The monoisotopic (exact) mass is 246 g/mol. The molecular weight excluding hydrogens is 239 g/mol. The Morgan fingerprint density at radius 3 is 2.64 bits per heavy atom. The zero-order chi connectivity index (χ0) is 9.84. The predicted molar refractivity (Wildman–Crippen MR) is 57.6 cm³/mol. The molecule has 0 heterocycles. The van der Waals surface area contributed by atoms with Gasteiger partial charge in [-0.2, -0.15) is 0 Å². The largest absolute Gasteiger partial charge is 2.00 e. The van der Waals surface area contributed by atoms with Crippen LogP contribution >= 0.6 is 23.2 Å². The molecule has 0 bridgehead atoms. The number of ether oxygens (including phenoxy) is 1. The van der Waals surface area contributed by atoms with Crippen molar-refractivity contribution in [3.8, 4) is 5.75 Å². The standard InChI is InChI=1S/C8H6Cl2O3.Mg.2H/c9-5-1-2-7(6(10)3-5)13-4-8(11)12;;;/h1-3H,4H2,(H,11,12);;;/q;+2;2*-1. The Labute approximate surface area is 110 Å². The molecule has 74 valence electrons. The molecule has 0 fully saturated rings. The van der Waals surface area contributed by atoms with Crippen molar-refractivity contribution in [2.75, 3.05) is 6.61 Å². The molecule has 1 N–H and O–H groups in total. The van der Waals surface area contributed by atoms with Crippen molar-refractivity contribution in [3.63, 3.8) is 0 Å². The molecule has 3 nitrogen and oxygen atoms in total. The summed E-state index contributed by atoms with van der Waals surface area (Å²) in [6.07, 6.45) is 0. The molecule has 0 aliphatic carbocycles. The van der Waals surface area contributed by atoms with Crippen molar-refractivity contribution >= 4 is 52.2 Å². The number of carbonyl (C=O) groups is 1. The number of carboxylic acid groups (broad SMARTS) is 1. The van der Waals surface area contributed by atoms with E-state index in [9.17, 15) is 4.79 Å². The van der Waals surface area contributed by atoms with Gasteiger partial charge in [0, 0.05) is 5.02 Å². The van der Waals surface area contributed by atoms with Gasteiger partial charge in [0.05, 0.1) is 5.02 Å². The van der Waals surface area contributed by atoms with E-state index in [1.54, 1.807) is 6.07 Å². The Hall–Kier alpha value is -0.164. The summed E-state index contributed by atoms with van der Waals surface area (Å²) in [5, 5.41) is 9.11. The van der Waals surface area contributed by atoms with Crippen LogP contribution in [0.15, 0.2) is 18.2 Å². The molecule has 0 aliphatic rings. The van der Waals surface area contributed by atoms with E-state index in [1.807, 2.05) is 0 Å². The molecule has 0 amide bonds. The van der Waals surface area contributed by atoms with Gasteiger partial charge in [0.25, 0.3) is 0 Å². The number of benzene rings is 1. The third-order valence-corrected chi connectivity index (χ3v) is 1.78. The summed E-state index contributed by atoms with van der Waals surface area (Å²) < 4.78 is 4.86. The first-order chi connectivity index (χ1) is 6.09. The number of rotatable bonds is 3. The fourth-order valence-electron chi connectivity index (χ4n) is 0.732. The van der Waals surface area contributed by atoms with Crippen LogP contribution in [0.4, 0.5) is 0 Å². The fourth-order valence-corrected chi connectivity index (χ4v) is 1.19. The Bertz CT molecular complexity index is 339. The first-order valence-corrected chi connectivity index (χ1v) is 4.15. The zero-order valence-corrected chi connectivity index (χ0v) is 10.1. The maximum absolute atomic E-state index is 10.2. The topological polar surface area (TPSA) is 46.5 Å². The van der Waals surface area contributed by atoms with Gasteiger partial charge in [-0.1, -0.05) is 23.2 Å². The van der Waals surface area contributed by atoms with E-state index in [4.69, 9.17) is 33.0 Å². The molecule has 1 aromatic carbocycles. The van der Waals surface area contributed by atoms with Crippen LogP contribution in [-0.2, 0) is 4.79 Å². The van der Waals surface area contributed by atoms with Gasteiger partial charge in [-0.15, -0.1) is 0 Å². The van der Waals surface area contributed by atoms with Gasteiger partial charge in [0.15, 0.2) is 6.61 Å². The van der Waals surface area contributed by atoms with Gasteiger partial charge in [-0.3, -0.25) is 0 Å². The van der Waals surface area contributed by atoms with Gasteiger partial charge >= 0.3 is 29.0 Å². The first kappa shape index (κ1) is 13.8. The molecule has 1 rings (SSSR count). The molecule has 1 aromatic rings. The van der Waals surface area contributed by atoms with Crippen LogP contribution in [-0.4, -0.2) is 40.7 Å². The van der Waals surface area contributed by atoms with Gasteiger partial charge in [-0.05, 0) is 18.2 Å². The van der Waals surface area contributed by atoms with Crippen molar-refractivity contribution in [1.29, 1.82) is 0 Å². The van der Waals surface area contributed by atoms with Crippen molar-refractivity contribution in [3.05, 3.63) is 28.2 Å². The number of hydrogen-bond acceptors (Lipinski definition) is 2. The average Bonchev–Trinajstić information content (AvgIpc) is 2.02. The van der Waals surface area contributed by atoms with Crippen molar-refractivity contribution < 1.29 is 17.5 Å². The van der Waals surface area contributed by atoms with Crippen LogP contribution in [0.1, 0.15) is 2.85 Å². The van der Waals surface area contributed by atoms with Crippen LogP contribution < -0.4 is 4.74 Å². The van der Waals surface area contributed by atoms with Crippen molar-refractivity contribution in [2.45, 2.75) is 0 Å². The van der Waals surface area contributed by atoms with E-state index in [2.05, 4.69) is 0 Å². The van der Waals surface area contributed by atoms with E-state index >= 15 is 0 Å². The Balaban J connectivity index is -0.000000563. The van der Waals surface area contributed by atoms with Crippen molar-refractivity contribution in [2.24, 2.45) is 0 Å². The second kappa shape index (κ2) is 6.34. The molecule has 0 saturated heterocycles. The summed E-state index contributed by atoms with van der Waals surface area (Å²) in [5.74, 6) is -0.737. The van der Waals surface area contributed by atoms with E-state index < -0.39 is 12.6 Å². The normalized spacial score (nSPS) is 9.00. The van der Waals surface area contributed by atoms with Crippen molar-refractivity contribution in [1.82, 2.24) is 0 Å². The summed E-state index contributed by atoms with van der Waals surface area (Å²) in [6.45, 7) is -0.415. The van der Waals surface area contributed by atoms with E-state index in [0.29, 0.717) is 15.8 Å². The minimum absolute atomic E-state index is 0. The van der Waals surface area contributed by atoms with Gasteiger partial charge in [-0.25, -0.2) is 4.79 Å². The second-order valence-electron chi connectivity index (χ2n) is 2.26. The van der Waals surface area contributed by atoms with Crippen LogP contribution in [0.25, 0.3) is 0 Å². The molecule has 6 heteroatoms. The summed E-state index contributed by atoms with van der Waals surface area (Å²) in [5.41, 5.74) is 0. The van der Waals surface area contributed by atoms with E-state index in [0.717, 1.165) is 0 Å². The smallest absolute Gasteiger partial charge is 1.00 e. The van der Waals surface area contributed by atoms with Crippen LogP contribution in [0.5, 0.6) is 5.75 Å². The molecular formula is C8H8Cl2MgO3. The quantitative estimate of drug-likeness (QED) is 0.834. The molecule has 0 radical (unpaired) electrons. The SMILES string of the molecule is O=C(O)COc1ccc(Cl)cc1Cl.[H-].[H-].[Mg+2]. The van der Waals surface area contributed by atoms with Gasteiger partial charge in [0.2, 0.25) is 0 Å². The summed E-state index contributed by atoms with van der Waals surface area (Å²) in [6, 6.07) is 4.58. The van der Waals surface area contributed by atoms with Crippen LogP contribution in [0, 0.1) is 0 Å². The number of hydrogen-bond donors (Lipinski definition) is 1. The maximum Gasteiger partial charge on any atom is 2.00 e.